The van der Waals surface area contributed by atoms with E-state index in [1.54, 1.807) is 0 Å². The van der Waals surface area contributed by atoms with Crippen LogP contribution < -0.4 is 31.8 Å². The molecule has 22 rings (SSSR count). The summed E-state index contributed by atoms with van der Waals surface area (Å²) in [6.07, 6.45) is 3.72. The molecule has 0 spiro atoms. The third kappa shape index (κ3) is 9.29. The Morgan fingerprint density at radius 1 is 0.259 bits per heavy atom. The molecule has 2 unspecified atom stereocenters. The van der Waals surface area contributed by atoms with Crippen LogP contribution in [0.2, 0.25) is 0 Å². The lowest BCUT2D eigenvalue weighted by molar-refractivity contribution is 0.592. The molecule has 0 fully saturated rings. The number of hydrogen-bond acceptors (Lipinski definition) is 3. The molecule has 0 N–H and O–H groups in total. The molecule has 18 aromatic rings. The number of rotatable bonds is 8. The topological polar surface area (TPSA) is 56.9 Å². The van der Waals surface area contributed by atoms with E-state index in [1.165, 1.54) is 89.0 Å². The van der Waals surface area contributed by atoms with E-state index in [9.17, 15) is 0 Å². The van der Waals surface area contributed by atoms with Gasteiger partial charge in [0.05, 0.1) is 22.1 Å². The molecule has 7 heteroatoms. The fraction of sp³-hybridized carbons (Fsp3) is 0.0594. The van der Waals surface area contributed by atoms with E-state index in [2.05, 4.69) is 315 Å². The zero-order chi connectivity index (χ0) is 72.4. The van der Waals surface area contributed by atoms with Gasteiger partial charge in [0.25, 0.3) is 0 Å². The fourth-order valence-electron chi connectivity index (χ4n) is 18.7. The first-order valence-corrected chi connectivity index (χ1v) is 40.7. The van der Waals surface area contributed by atoms with Gasteiger partial charge in [-0.15, -0.1) is 0 Å². The maximum absolute atomic E-state index is 15.7. The molecule has 2 aliphatic carbocycles. The van der Waals surface area contributed by atoms with Crippen molar-refractivity contribution < 1.29 is 9.13 Å². The average molecular weight is 1420 g/mol. The molecule has 5 heterocycles. The molecule has 2 atom stereocenters. The lowest BCUT2D eigenvalue weighted by Crippen LogP contribution is -2.21. The van der Waals surface area contributed by atoms with E-state index in [0.717, 1.165) is 109 Å². The van der Waals surface area contributed by atoms with Crippen molar-refractivity contribution in [2.75, 3.05) is 0 Å². The second-order valence-corrected chi connectivity index (χ2v) is 35.7. The Morgan fingerprint density at radius 3 is 1.06 bits per heavy atom. The number of aromatic nitrogens is 3. The zero-order valence-corrected chi connectivity index (χ0v) is 61.9. The van der Waals surface area contributed by atoms with Crippen molar-refractivity contribution >= 4 is 89.7 Å². The van der Waals surface area contributed by atoms with E-state index in [1.807, 2.05) is 85.2 Å². The predicted octanol–water partition coefficient (Wildman–Crippen LogP) is 23.5. The molecule has 5 nitrogen and oxygen atoms in total. The summed E-state index contributed by atoms with van der Waals surface area (Å²) in [6.45, 7) is 9.36. The molecule has 0 radical (unpaired) electrons. The minimum atomic E-state index is -3.15. The smallest absolute Gasteiger partial charge is 0.172 e. The molecule has 0 amide bonds. The van der Waals surface area contributed by atoms with Crippen molar-refractivity contribution in [2.45, 2.75) is 38.5 Å². The van der Waals surface area contributed by atoms with E-state index >= 15 is 9.13 Å². The summed E-state index contributed by atoms with van der Waals surface area (Å²) < 4.78 is 36.2. The molecular formula is C101H71N3O2P2. The molecule has 0 bridgehead atoms. The Morgan fingerprint density at radius 2 is 0.602 bits per heavy atom. The van der Waals surface area contributed by atoms with Gasteiger partial charge in [0.2, 0.25) is 0 Å². The first-order valence-electron chi connectivity index (χ1n) is 37.3. The number of para-hydroxylation sites is 2. The average Bonchev–Trinajstić information content (AvgIpc) is 1.54. The standard InChI is InChI=1S/C51H36NOP.C50H35N2OP/c1-51(2)44-28-23-35(33-13-5-3-6-14-33)31-42(44)43-32-36(24-29-45(43)51)34-21-25-37(26-22-34)52-46-19-11-9-18-41(46)49-47(52)30-27-40-39-17-10-12-20-48(39)54(53,50(40)49)38-15-7-4-8-16-38;1-50(2)43-30-34(18-22-38(43)39-23-19-35(31-44(39)50)33-26-28-51-29-27-33)32-16-20-36(21-17-32)52-45-14-8-6-13-42(45)48-46(52)25-24-41-40-12-7-9-15-47(40)54(53,49(41)48)37-10-4-3-5-11-37/h3-32H,1-2H3;3-31H,1-2H3. The number of pyridine rings is 1. The lowest BCUT2D eigenvalue weighted by Gasteiger charge is -2.22. The van der Waals surface area contributed by atoms with Crippen molar-refractivity contribution in [3.8, 4) is 100 Å². The molecular weight excluding hydrogens is 1350 g/mol. The summed E-state index contributed by atoms with van der Waals surface area (Å²) in [4.78, 5) is 4.21. The highest BCUT2D eigenvalue weighted by molar-refractivity contribution is 7.87. The molecule has 2 aliphatic heterocycles. The van der Waals surface area contributed by atoms with Gasteiger partial charge in [0, 0.05) is 88.0 Å². The molecule has 15 aromatic carbocycles. The summed E-state index contributed by atoms with van der Waals surface area (Å²) >= 11 is 0. The van der Waals surface area contributed by atoms with E-state index in [-0.39, 0.29) is 10.8 Å². The van der Waals surface area contributed by atoms with E-state index in [4.69, 9.17) is 0 Å². The highest BCUT2D eigenvalue weighted by atomic mass is 31.2. The van der Waals surface area contributed by atoms with Crippen molar-refractivity contribution in [3.05, 3.63) is 380 Å². The van der Waals surface area contributed by atoms with Crippen molar-refractivity contribution in [2.24, 2.45) is 0 Å². The Labute approximate surface area is 628 Å². The van der Waals surface area contributed by atoms with Crippen LogP contribution in [-0.2, 0) is 20.0 Å². The number of hydrogen-bond donors (Lipinski definition) is 0. The minimum absolute atomic E-state index is 0.0647. The zero-order valence-electron chi connectivity index (χ0n) is 60.1. The summed E-state index contributed by atoms with van der Waals surface area (Å²) in [6, 6.07) is 123. The molecule has 0 saturated heterocycles. The van der Waals surface area contributed by atoms with Crippen LogP contribution in [-0.4, -0.2) is 14.1 Å². The van der Waals surface area contributed by atoms with Crippen molar-refractivity contribution in [1.29, 1.82) is 0 Å². The third-order valence-electron chi connectivity index (χ3n) is 23.9. The van der Waals surface area contributed by atoms with Gasteiger partial charge in [-0.2, -0.15) is 0 Å². The number of benzene rings is 15. The maximum Gasteiger partial charge on any atom is 0.172 e. The monoisotopic (exact) mass is 1420 g/mol. The molecule has 3 aromatic heterocycles. The second kappa shape index (κ2) is 24.0. The fourth-order valence-corrected chi connectivity index (χ4v) is 25.3. The van der Waals surface area contributed by atoms with Gasteiger partial charge in [-0.1, -0.05) is 289 Å². The van der Waals surface area contributed by atoms with Gasteiger partial charge >= 0.3 is 0 Å². The van der Waals surface area contributed by atoms with Crippen LogP contribution in [0.15, 0.2) is 358 Å². The van der Waals surface area contributed by atoms with Crippen LogP contribution in [0.3, 0.4) is 0 Å². The summed E-state index contributed by atoms with van der Waals surface area (Å²) in [7, 11) is -6.30. The number of nitrogens with zero attached hydrogens (tertiary/aromatic N) is 3. The van der Waals surface area contributed by atoms with Crippen molar-refractivity contribution in [1.82, 2.24) is 14.1 Å². The first kappa shape index (κ1) is 63.9. The Kier molecular flexibility index (Phi) is 14.2. The lowest BCUT2D eigenvalue weighted by atomic mass is 9.81. The van der Waals surface area contributed by atoms with E-state index < -0.39 is 14.3 Å². The van der Waals surface area contributed by atoms with Gasteiger partial charge in [0.15, 0.2) is 14.3 Å². The molecule has 512 valence electrons. The van der Waals surface area contributed by atoms with Gasteiger partial charge < -0.3 is 18.3 Å². The molecule has 4 aliphatic rings. The normalized spacial score (nSPS) is 16.3. The van der Waals surface area contributed by atoms with Gasteiger partial charge in [-0.3, -0.25) is 4.98 Å². The quantitative estimate of drug-likeness (QED) is 0.142. The highest BCUT2D eigenvalue weighted by Crippen LogP contribution is 2.58. The Balaban J connectivity index is 0.000000138. The van der Waals surface area contributed by atoms with Crippen LogP contribution in [0.4, 0.5) is 0 Å². The predicted molar refractivity (Wildman–Crippen MR) is 453 cm³/mol. The molecule has 0 saturated carbocycles. The summed E-state index contributed by atoms with van der Waals surface area (Å²) in [5.41, 5.74) is 30.9. The summed E-state index contributed by atoms with van der Waals surface area (Å²) in [5.74, 6) is 0. The van der Waals surface area contributed by atoms with E-state index in [0.29, 0.717) is 0 Å². The Hall–Kier alpha value is -12.5. The van der Waals surface area contributed by atoms with Crippen LogP contribution in [0.1, 0.15) is 49.9 Å². The van der Waals surface area contributed by atoms with Gasteiger partial charge in [-0.05, 0) is 196 Å². The third-order valence-corrected chi connectivity index (χ3v) is 30.3. The second-order valence-electron chi connectivity index (χ2n) is 30.3. The summed E-state index contributed by atoms with van der Waals surface area (Å²) in [5, 5.41) is 9.89. The van der Waals surface area contributed by atoms with Gasteiger partial charge in [0.1, 0.15) is 0 Å². The Bertz CT molecular complexity index is 6890. The van der Waals surface area contributed by atoms with Crippen LogP contribution in [0.5, 0.6) is 0 Å². The van der Waals surface area contributed by atoms with Crippen LogP contribution in [0, 0.1) is 0 Å². The molecule has 108 heavy (non-hydrogen) atoms. The van der Waals surface area contributed by atoms with Crippen molar-refractivity contribution in [3.63, 3.8) is 0 Å². The van der Waals surface area contributed by atoms with Crippen LogP contribution in [0.25, 0.3) is 144 Å². The largest absolute Gasteiger partial charge is 0.309 e. The van der Waals surface area contributed by atoms with Crippen LogP contribution >= 0.6 is 14.3 Å². The highest BCUT2D eigenvalue weighted by Gasteiger charge is 2.45. The maximum atomic E-state index is 15.7. The number of fused-ring (bicyclic) bond motifs is 20. The SMILES string of the molecule is CC1(C)c2cc(-c3ccncc3)ccc2-c2ccc(-c3ccc(-n4c5ccccc5c5c6c(ccc54)-c4ccccc4P6(=O)c4ccccc4)cc3)cc21.CC1(C)c2ccc(-c3ccccc3)cc2-c2cc(-c3ccc(-n4c5ccccc5c5c6c(ccc54)-c4ccccc4P6(=O)c4ccccc4)cc3)ccc21. The van der Waals surface area contributed by atoms with Gasteiger partial charge in [-0.25, -0.2) is 0 Å². The minimum Gasteiger partial charge on any atom is -0.309 e. The first-order chi connectivity index (χ1) is 52.8.